The van der Waals surface area contributed by atoms with Crippen molar-refractivity contribution in [2.75, 3.05) is 27.3 Å². The molecule has 0 heterocycles. The van der Waals surface area contributed by atoms with Gasteiger partial charge in [-0.05, 0) is 57.7 Å². The van der Waals surface area contributed by atoms with Crippen molar-refractivity contribution in [2.24, 2.45) is 0 Å². The maximum Gasteiger partial charge on any atom is 0.317 e. The summed E-state index contributed by atoms with van der Waals surface area (Å²) < 4.78 is 10.6. The predicted octanol–water partition coefficient (Wildman–Crippen LogP) is 3.47. The van der Waals surface area contributed by atoms with E-state index in [2.05, 4.69) is 17.4 Å². The Morgan fingerprint density at radius 1 is 1.21 bits per heavy atom. The Labute approximate surface area is 146 Å². The summed E-state index contributed by atoms with van der Waals surface area (Å²) in [5, 5.41) is 3.04. The first-order valence-electron chi connectivity index (χ1n) is 8.68. The highest BCUT2D eigenvalue weighted by atomic mass is 16.5. The number of hydrogen-bond donors (Lipinski definition) is 1. The van der Waals surface area contributed by atoms with Crippen LogP contribution >= 0.6 is 0 Å². The van der Waals surface area contributed by atoms with Crippen LogP contribution in [0.1, 0.15) is 39.2 Å². The average molecular weight is 336 g/mol. The minimum atomic E-state index is -0.0284. The van der Waals surface area contributed by atoms with E-state index < -0.39 is 0 Å². The molecule has 1 aromatic carbocycles. The lowest BCUT2D eigenvalue weighted by molar-refractivity contribution is 0.174. The molecule has 0 radical (unpaired) electrons. The van der Waals surface area contributed by atoms with Crippen LogP contribution < -0.4 is 10.1 Å². The molecule has 1 unspecified atom stereocenters. The topological polar surface area (TPSA) is 50.8 Å². The zero-order chi connectivity index (χ0) is 17.9. The Bertz CT molecular complexity index is 474. The van der Waals surface area contributed by atoms with Gasteiger partial charge in [-0.3, -0.25) is 0 Å². The molecule has 0 bridgehead atoms. The molecule has 24 heavy (non-hydrogen) atoms. The third-order valence-electron chi connectivity index (χ3n) is 3.72. The number of aryl methyl sites for hydroxylation is 1. The summed E-state index contributed by atoms with van der Waals surface area (Å²) in [6, 6.07) is 8.28. The summed E-state index contributed by atoms with van der Waals surface area (Å²) in [7, 11) is 3.48. The number of nitrogens with one attached hydrogen (secondary N) is 1. The number of ether oxygens (including phenoxy) is 2. The number of rotatable bonds is 10. The number of amides is 2. The van der Waals surface area contributed by atoms with Gasteiger partial charge in [-0.1, -0.05) is 12.1 Å². The van der Waals surface area contributed by atoms with Gasteiger partial charge >= 0.3 is 6.03 Å². The van der Waals surface area contributed by atoms with Gasteiger partial charge in [-0.15, -0.1) is 0 Å². The summed E-state index contributed by atoms with van der Waals surface area (Å²) >= 11 is 0. The van der Waals surface area contributed by atoms with Crippen LogP contribution in [0.15, 0.2) is 24.3 Å². The highest BCUT2D eigenvalue weighted by Crippen LogP contribution is 2.15. The third kappa shape index (κ3) is 8.20. The molecule has 1 aromatic rings. The standard InChI is InChI=1S/C19H32N2O3/c1-15(2)24-18-11-9-17(10-12-18)8-7-16(3)20-19(22)21(4)13-6-14-23-5/h9-12,15-16H,6-8,13-14H2,1-5H3,(H,20,22). The molecular weight excluding hydrogens is 304 g/mol. The second-order valence-corrected chi connectivity index (χ2v) is 6.47. The molecule has 0 saturated heterocycles. The Morgan fingerprint density at radius 2 is 1.88 bits per heavy atom. The molecule has 1 rings (SSSR count). The zero-order valence-electron chi connectivity index (χ0n) is 15.7. The summed E-state index contributed by atoms with van der Waals surface area (Å²) in [5.41, 5.74) is 1.25. The summed E-state index contributed by atoms with van der Waals surface area (Å²) in [6.07, 6.45) is 2.87. The van der Waals surface area contributed by atoms with Crippen molar-refractivity contribution in [1.29, 1.82) is 0 Å². The van der Waals surface area contributed by atoms with E-state index in [1.165, 1.54) is 5.56 Å². The van der Waals surface area contributed by atoms with E-state index in [-0.39, 0.29) is 18.2 Å². The van der Waals surface area contributed by atoms with E-state index in [0.29, 0.717) is 13.2 Å². The number of urea groups is 1. The molecule has 0 spiro atoms. The number of benzene rings is 1. The van der Waals surface area contributed by atoms with Gasteiger partial charge < -0.3 is 19.7 Å². The zero-order valence-corrected chi connectivity index (χ0v) is 15.7. The molecule has 0 fully saturated rings. The van der Waals surface area contributed by atoms with Gasteiger partial charge in [0.25, 0.3) is 0 Å². The molecule has 136 valence electrons. The van der Waals surface area contributed by atoms with Crippen molar-refractivity contribution in [3.05, 3.63) is 29.8 Å². The first-order chi connectivity index (χ1) is 11.4. The van der Waals surface area contributed by atoms with Crippen molar-refractivity contribution < 1.29 is 14.3 Å². The van der Waals surface area contributed by atoms with E-state index in [1.54, 1.807) is 12.0 Å². The molecule has 0 aliphatic carbocycles. The fourth-order valence-electron chi connectivity index (χ4n) is 2.33. The smallest absolute Gasteiger partial charge is 0.317 e. The molecular formula is C19H32N2O3. The SMILES string of the molecule is COCCCN(C)C(=O)NC(C)CCc1ccc(OC(C)C)cc1. The lowest BCUT2D eigenvalue weighted by Crippen LogP contribution is -2.42. The molecule has 5 nitrogen and oxygen atoms in total. The quantitative estimate of drug-likeness (QED) is 0.666. The minimum Gasteiger partial charge on any atom is -0.491 e. The fraction of sp³-hybridized carbons (Fsp3) is 0.632. The van der Waals surface area contributed by atoms with Gasteiger partial charge in [-0.25, -0.2) is 4.79 Å². The van der Waals surface area contributed by atoms with Crippen LogP contribution in [0.5, 0.6) is 5.75 Å². The van der Waals surface area contributed by atoms with Crippen molar-refractivity contribution in [3.63, 3.8) is 0 Å². The highest BCUT2D eigenvalue weighted by molar-refractivity contribution is 5.74. The number of hydrogen-bond acceptors (Lipinski definition) is 3. The van der Waals surface area contributed by atoms with Crippen molar-refractivity contribution in [3.8, 4) is 5.75 Å². The molecule has 0 saturated carbocycles. The fourth-order valence-corrected chi connectivity index (χ4v) is 2.33. The van der Waals surface area contributed by atoms with Crippen molar-refractivity contribution >= 4 is 6.03 Å². The van der Waals surface area contributed by atoms with Crippen LogP contribution in [-0.4, -0.2) is 50.4 Å². The molecule has 1 atom stereocenters. The number of carbonyl (C=O) groups is 1. The molecule has 1 N–H and O–H groups in total. The second-order valence-electron chi connectivity index (χ2n) is 6.47. The first kappa shape index (κ1) is 20.3. The van der Waals surface area contributed by atoms with Gasteiger partial charge in [0.15, 0.2) is 0 Å². The lowest BCUT2D eigenvalue weighted by atomic mass is 10.1. The maximum atomic E-state index is 12.1. The second kappa shape index (κ2) is 10.9. The van der Waals surface area contributed by atoms with E-state index >= 15 is 0 Å². The van der Waals surface area contributed by atoms with Crippen LogP contribution in [-0.2, 0) is 11.2 Å². The van der Waals surface area contributed by atoms with Gasteiger partial charge in [0, 0.05) is 33.4 Å². The van der Waals surface area contributed by atoms with Crippen LogP contribution in [0.3, 0.4) is 0 Å². The number of nitrogens with zero attached hydrogens (tertiary/aromatic N) is 1. The molecule has 0 aromatic heterocycles. The van der Waals surface area contributed by atoms with Crippen molar-refractivity contribution in [1.82, 2.24) is 10.2 Å². The van der Waals surface area contributed by atoms with Crippen LogP contribution in [0.25, 0.3) is 0 Å². The van der Waals surface area contributed by atoms with Crippen LogP contribution in [0.4, 0.5) is 4.79 Å². The van der Waals surface area contributed by atoms with E-state index in [0.717, 1.165) is 25.0 Å². The highest BCUT2D eigenvalue weighted by Gasteiger charge is 2.11. The summed E-state index contributed by atoms with van der Waals surface area (Å²) in [4.78, 5) is 13.8. The predicted molar refractivity (Wildman–Crippen MR) is 97.6 cm³/mol. The molecule has 2 amide bonds. The Morgan fingerprint density at radius 3 is 2.46 bits per heavy atom. The monoisotopic (exact) mass is 336 g/mol. The third-order valence-corrected chi connectivity index (χ3v) is 3.72. The van der Waals surface area contributed by atoms with E-state index in [9.17, 15) is 4.79 Å². The molecule has 0 aliphatic rings. The van der Waals surface area contributed by atoms with Gasteiger partial charge in [0.05, 0.1) is 6.10 Å². The molecule has 5 heteroatoms. The largest absolute Gasteiger partial charge is 0.491 e. The Kier molecular flexibility index (Phi) is 9.23. The summed E-state index contributed by atoms with van der Waals surface area (Å²) in [5.74, 6) is 0.896. The van der Waals surface area contributed by atoms with Crippen LogP contribution in [0, 0.1) is 0 Å². The average Bonchev–Trinajstić information content (AvgIpc) is 2.53. The lowest BCUT2D eigenvalue weighted by Gasteiger charge is -2.21. The van der Waals surface area contributed by atoms with Crippen LogP contribution in [0.2, 0.25) is 0 Å². The van der Waals surface area contributed by atoms with Crippen molar-refractivity contribution in [2.45, 2.75) is 52.2 Å². The summed E-state index contributed by atoms with van der Waals surface area (Å²) in [6.45, 7) is 7.44. The number of methoxy groups -OCH3 is 1. The van der Waals surface area contributed by atoms with Gasteiger partial charge in [0.1, 0.15) is 5.75 Å². The van der Waals surface area contributed by atoms with E-state index in [4.69, 9.17) is 9.47 Å². The Hall–Kier alpha value is -1.75. The minimum absolute atomic E-state index is 0.0284. The Balaban J connectivity index is 2.32. The normalized spacial score (nSPS) is 12.1. The van der Waals surface area contributed by atoms with Gasteiger partial charge in [-0.2, -0.15) is 0 Å². The van der Waals surface area contributed by atoms with Gasteiger partial charge in [0.2, 0.25) is 0 Å². The maximum absolute atomic E-state index is 12.1. The molecule has 0 aliphatic heterocycles. The van der Waals surface area contributed by atoms with E-state index in [1.807, 2.05) is 40.0 Å². The first-order valence-corrected chi connectivity index (χ1v) is 8.68. The number of carbonyl (C=O) groups excluding carboxylic acids is 1.